The van der Waals surface area contributed by atoms with Gasteiger partial charge in [-0.05, 0) is 25.0 Å². The number of para-hydroxylation sites is 1. The maximum Gasteiger partial charge on any atom is 0.233 e. The fourth-order valence-corrected chi connectivity index (χ4v) is 4.21. The van der Waals surface area contributed by atoms with Gasteiger partial charge >= 0.3 is 0 Å². The Morgan fingerprint density at radius 3 is 2.57 bits per heavy atom. The molecule has 1 saturated heterocycles. The van der Waals surface area contributed by atoms with Crippen LogP contribution in [0, 0.1) is 5.92 Å². The van der Waals surface area contributed by atoms with Crippen molar-refractivity contribution in [3.8, 4) is 11.3 Å². The van der Waals surface area contributed by atoms with E-state index in [-0.39, 0.29) is 17.9 Å². The largest absolute Gasteiger partial charge is 0.355 e. The first-order valence-electron chi connectivity index (χ1n) is 9.74. The molecule has 3 aromatic rings. The number of fused-ring (bicyclic) bond motifs is 1. The second kappa shape index (κ2) is 6.75. The minimum absolute atomic E-state index is 0.0174. The van der Waals surface area contributed by atoms with E-state index in [4.69, 9.17) is 0 Å². The highest BCUT2D eigenvalue weighted by Gasteiger charge is 2.40. The van der Waals surface area contributed by atoms with E-state index in [9.17, 15) is 4.79 Å². The Labute approximate surface area is 164 Å². The zero-order valence-corrected chi connectivity index (χ0v) is 15.8. The first kappa shape index (κ1) is 16.9. The van der Waals surface area contributed by atoms with Gasteiger partial charge in [0.15, 0.2) is 0 Å². The van der Waals surface area contributed by atoms with Crippen LogP contribution in [-0.2, 0) is 11.2 Å². The lowest BCUT2D eigenvalue weighted by Gasteiger charge is -2.41. The lowest BCUT2D eigenvalue weighted by atomic mass is 9.97. The van der Waals surface area contributed by atoms with E-state index in [2.05, 4.69) is 33.9 Å². The lowest BCUT2D eigenvalue weighted by molar-refractivity contribution is -0.123. The summed E-state index contributed by atoms with van der Waals surface area (Å²) in [5, 5.41) is 0. The van der Waals surface area contributed by atoms with E-state index in [0.29, 0.717) is 13.1 Å². The molecule has 140 valence electrons. The SMILES string of the molecule is CC1Cc2ccccc2N1C(=O)C1CN(c2cc(-c3ccccc3)ncn2)C1. The molecule has 1 atom stereocenters. The minimum atomic E-state index is 0.0174. The predicted molar refractivity (Wildman–Crippen MR) is 110 cm³/mol. The van der Waals surface area contributed by atoms with Gasteiger partial charge in [0.25, 0.3) is 0 Å². The summed E-state index contributed by atoms with van der Waals surface area (Å²) in [5.74, 6) is 1.13. The third-order valence-electron chi connectivity index (χ3n) is 5.72. The van der Waals surface area contributed by atoms with Crippen molar-refractivity contribution in [2.75, 3.05) is 22.9 Å². The Bertz CT molecular complexity index is 1010. The molecule has 5 heteroatoms. The van der Waals surface area contributed by atoms with Gasteiger partial charge in [-0.3, -0.25) is 4.79 Å². The summed E-state index contributed by atoms with van der Waals surface area (Å²) in [6.45, 7) is 3.54. The molecule has 2 aliphatic heterocycles. The number of amides is 1. The lowest BCUT2D eigenvalue weighted by Crippen LogP contribution is -2.56. The molecule has 0 radical (unpaired) electrons. The van der Waals surface area contributed by atoms with Crippen molar-refractivity contribution in [2.24, 2.45) is 5.92 Å². The first-order chi connectivity index (χ1) is 13.7. The molecule has 1 unspecified atom stereocenters. The highest BCUT2D eigenvalue weighted by atomic mass is 16.2. The van der Waals surface area contributed by atoms with Crippen molar-refractivity contribution < 1.29 is 4.79 Å². The first-order valence-corrected chi connectivity index (χ1v) is 9.74. The topological polar surface area (TPSA) is 49.3 Å². The van der Waals surface area contributed by atoms with Crippen LogP contribution in [-0.4, -0.2) is 35.0 Å². The predicted octanol–water partition coefficient (Wildman–Crippen LogP) is 3.56. The molecule has 0 saturated carbocycles. The standard InChI is InChI=1S/C23H22N4O/c1-16-11-18-9-5-6-10-21(18)27(16)23(28)19-13-26(14-19)22-12-20(24-15-25-22)17-7-3-2-4-8-17/h2-10,12,15-16,19H,11,13-14H2,1H3. The smallest absolute Gasteiger partial charge is 0.233 e. The highest BCUT2D eigenvalue weighted by molar-refractivity contribution is 5.99. The van der Waals surface area contributed by atoms with Gasteiger partial charge in [-0.15, -0.1) is 0 Å². The van der Waals surface area contributed by atoms with E-state index in [1.54, 1.807) is 6.33 Å². The highest BCUT2D eigenvalue weighted by Crippen LogP contribution is 2.35. The summed E-state index contributed by atoms with van der Waals surface area (Å²) in [6, 6.07) is 20.6. The number of hydrogen-bond donors (Lipinski definition) is 0. The molecule has 28 heavy (non-hydrogen) atoms. The van der Waals surface area contributed by atoms with Crippen molar-refractivity contribution in [1.29, 1.82) is 0 Å². The molecule has 0 spiro atoms. The van der Waals surface area contributed by atoms with E-state index in [1.165, 1.54) is 5.56 Å². The van der Waals surface area contributed by atoms with E-state index < -0.39 is 0 Å². The molecule has 0 bridgehead atoms. The number of nitrogens with zero attached hydrogens (tertiary/aromatic N) is 4. The van der Waals surface area contributed by atoms with Crippen molar-refractivity contribution in [1.82, 2.24) is 9.97 Å². The molecule has 1 amide bonds. The fraction of sp³-hybridized carbons (Fsp3) is 0.261. The third-order valence-corrected chi connectivity index (χ3v) is 5.72. The number of carbonyl (C=O) groups excluding carboxylic acids is 1. The molecular formula is C23H22N4O. The molecule has 2 aromatic carbocycles. The second-order valence-electron chi connectivity index (χ2n) is 7.62. The van der Waals surface area contributed by atoms with Crippen LogP contribution in [0.3, 0.4) is 0 Å². The van der Waals surface area contributed by atoms with Gasteiger partial charge in [0, 0.05) is 36.4 Å². The number of anilines is 2. The van der Waals surface area contributed by atoms with E-state index in [0.717, 1.165) is 29.2 Å². The van der Waals surface area contributed by atoms with Crippen LogP contribution in [0.25, 0.3) is 11.3 Å². The average Bonchev–Trinajstić information content (AvgIpc) is 3.03. The number of aromatic nitrogens is 2. The Morgan fingerprint density at radius 2 is 1.75 bits per heavy atom. The molecular weight excluding hydrogens is 348 g/mol. The van der Waals surface area contributed by atoms with Crippen LogP contribution < -0.4 is 9.80 Å². The van der Waals surface area contributed by atoms with Crippen molar-refractivity contribution in [2.45, 2.75) is 19.4 Å². The molecule has 0 N–H and O–H groups in total. The van der Waals surface area contributed by atoms with Crippen molar-refractivity contribution in [3.05, 3.63) is 72.6 Å². The van der Waals surface area contributed by atoms with Crippen LogP contribution in [0.4, 0.5) is 11.5 Å². The molecule has 5 nitrogen and oxygen atoms in total. The minimum Gasteiger partial charge on any atom is -0.355 e. The molecule has 0 aliphatic carbocycles. The average molecular weight is 370 g/mol. The zero-order chi connectivity index (χ0) is 19.1. The van der Waals surface area contributed by atoms with Gasteiger partial charge in [0.2, 0.25) is 5.91 Å². The molecule has 2 aliphatic rings. The number of benzene rings is 2. The Balaban J connectivity index is 1.30. The zero-order valence-electron chi connectivity index (χ0n) is 15.8. The number of carbonyl (C=O) groups is 1. The molecule has 5 rings (SSSR count). The quantitative estimate of drug-likeness (QED) is 0.707. The number of rotatable bonds is 3. The summed E-state index contributed by atoms with van der Waals surface area (Å²) >= 11 is 0. The van der Waals surface area contributed by atoms with Gasteiger partial charge in [0.05, 0.1) is 11.6 Å². The Hall–Kier alpha value is -3.21. The van der Waals surface area contributed by atoms with Crippen LogP contribution >= 0.6 is 0 Å². The van der Waals surface area contributed by atoms with Crippen LogP contribution in [0.15, 0.2) is 67.0 Å². The Kier molecular flexibility index (Phi) is 4.08. The summed E-state index contributed by atoms with van der Waals surface area (Å²) < 4.78 is 0. The van der Waals surface area contributed by atoms with Gasteiger partial charge in [0.1, 0.15) is 12.1 Å². The Morgan fingerprint density at radius 1 is 1.00 bits per heavy atom. The van der Waals surface area contributed by atoms with Crippen LogP contribution in [0.5, 0.6) is 0 Å². The van der Waals surface area contributed by atoms with Crippen molar-refractivity contribution in [3.63, 3.8) is 0 Å². The molecule has 1 fully saturated rings. The van der Waals surface area contributed by atoms with Gasteiger partial charge in [-0.25, -0.2) is 9.97 Å². The van der Waals surface area contributed by atoms with Gasteiger partial charge in [-0.2, -0.15) is 0 Å². The summed E-state index contributed by atoms with van der Waals surface area (Å²) in [7, 11) is 0. The number of hydrogen-bond acceptors (Lipinski definition) is 4. The van der Waals surface area contributed by atoms with Crippen LogP contribution in [0.1, 0.15) is 12.5 Å². The monoisotopic (exact) mass is 370 g/mol. The third kappa shape index (κ3) is 2.83. The van der Waals surface area contributed by atoms with E-state index in [1.807, 2.05) is 53.4 Å². The fourth-order valence-electron chi connectivity index (χ4n) is 4.21. The molecule has 1 aromatic heterocycles. The maximum absolute atomic E-state index is 13.1. The van der Waals surface area contributed by atoms with E-state index >= 15 is 0 Å². The van der Waals surface area contributed by atoms with Gasteiger partial charge in [-0.1, -0.05) is 48.5 Å². The normalized spacial score (nSPS) is 18.7. The second-order valence-corrected chi connectivity index (χ2v) is 7.62. The molecule has 3 heterocycles. The summed E-state index contributed by atoms with van der Waals surface area (Å²) in [6.07, 6.45) is 2.54. The van der Waals surface area contributed by atoms with Crippen molar-refractivity contribution >= 4 is 17.4 Å². The van der Waals surface area contributed by atoms with Gasteiger partial charge < -0.3 is 9.80 Å². The maximum atomic E-state index is 13.1. The summed E-state index contributed by atoms with van der Waals surface area (Å²) in [5.41, 5.74) is 4.32. The van der Waals surface area contributed by atoms with Crippen LogP contribution in [0.2, 0.25) is 0 Å². The summed E-state index contributed by atoms with van der Waals surface area (Å²) in [4.78, 5) is 26.1.